The molecule has 0 aliphatic heterocycles. The zero-order chi connectivity index (χ0) is 17.9. The maximum Gasteiger partial charge on any atom is 0.417 e. The first kappa shape index (κ1) is 20.1. The molecule has 0 saturated heterocycles. The average molecular weight is 376 g/mol. The third-order valence-electron chi connectivity index (χ3n) is 2.30. The van der Waals surface area contributed by atoms with Crippen molar-refractivity contribution in [1.82, 2.24) is 0 Å². The molecule has 23 heavy (non-hydrogen) atoms. The van der Waals surface area contributed by atoms with Gasteiger partial charge in [0.15, 0.2) is 0 Å². The van der Waals surface area contributed by atoms with Gasteiger partial charge < -0.3 is 0 Å². The third kappa shape index (κ3) is 6.23. The average Bonchev–Trinajstić information content (AvgIpc) is 2.43. The van der Waals surface area contributed by atoms with E-state index in [-0.39, 0.29) is 0 Å². The third-order valence-corrected chi connectivity index (χ3v) is 4.79. The molecule has 132 valence electrons. The van der Waals surface area contributed by atoms with Crippen LogP contribution in [-0.2, 0) is 34.6 Å². The van der Waals surface area contributed by atoms with E-state index in [1.807, 2.05) is 0 Å². The predicted octanol–water partition coefficient (Wildman–Crippen LogP) is 3.63. The summed E-state index contributed by atoms with van der Waals surface area (Å²) < 4.78 is 83.4. The molecular formula is C12H16F3O6PS. The van der Waals surface area contributed by atoms with Crippen molar-refractivity contribution in [2.24, 2.45) is 0 Å². The van der Waals surface area contributed by atoms with Crippen LogP contribution in [0, 0.1) is 0 Å². The SMILES string of the molecule is CC(C)OOP(C)(=O)COS(=O)(=O)c1ccccc1C(F)(F)F. The van der Waals surface area contributed by atoms with Crippen molar-refractivity contribution in [1.29, 1.82) is 0 Å². The fourth-order valence-corrected chi connectivity index (χ4v) is 3.89. The van der Waals surface area contributed by atoms with Gasteiger partial charge in [-0.25, -0.2) is 4.89 Å². The highest BCUT2D eigenvalue weighted by Gasteiger charge is 2.38. The van der Waals surface area contributed by atoms with Gasteiger partial charge in [0.25, 0.3) is 17.5 Å². The molecule has 1 rings (SSSR count). The van der Waals surface area contributed by atoms with Gasteiger partial charge >= 0.3 is 6.18 Å². The van der Waals surface area contributed by atoms with Gasteiger partial charge in [-0.1, -0.05) is 12.1 Å². The number of rotatable bonds is 7. The van der Waals surface area contributed by atoms with Gasteiger partial charge in [-0.3, -0.25) is 8.75 Å². The van der Waals surface area contributed by atoms with Crippen molar-refractivity contribution in [3.63, 3.8) is 0 Å². The molecule has 0 aliphatic carbocycles. The Kier molecular flexibility index (Phi) is 6.39. The van der Waals surface area contributed by atoms with Crippen LogP contribution in [0.3, 0.4) is 0 Å². The van der Waals surface area contributed by atoms with Gasteiger partial charge in [0.2, 0.25) is 0 Å². The van der Waals surface area contributed by atoms with Crippen LogP contribution >= 0.6 is 7.37 Å². The summed E-state index contributed by atoms with van der Waals surface area (Å²) in [6.07, 6.45) is -6.26. The van der Waals surface area contributed by atoms with Crippen molar-refractivity contribution < 1.29 is 39.9 Å². The number of benzene rings is 1. The Bertz CT molecular complexity index is 686. The fraction of sp³-hybridized carbons (Fsp3) is 0.500. The first-order valence-corrected chi connectivity index (χ1v) is 9.99. The summed E-state index contributed by atoms with van der Waals surface area (Å²) in [4.78, 5) is 3.58. The highest BCUT2D eigenvalue weighted by Crippen LogP contribution is 2.44. The fourth-order valence-electron chi connectivity index (χ4n) is 1.35. The van der Waals surface area contributed by atoms with Crippen molar-refractivity contribution in [2.45, 2.75) is 31.0 Å². The van der Waals surface area contributed by atoms with Crippen LogP contribution in [0.4, 0.5) is 13.2 Å². The molecule has 0 fully saturated rings. The summed E-state index contributed by atoms with van der Waals surface area (Å²) in [7, 11) is -8.40. The first-order chi connectivity index (χ1) is 10.4. The minimum atomic E-state index is -4.87. The molecule has 0 saturated carbocycles. The Morgan fingerprint density at radius 1 is 1.22 bits per heavy atom. The molecule has 11 heteroatoms. The molecule has 0 aromatic heterocycles. The Morgan fingerprint density at radius 3 is 2.30 bits per heavy atom. The number of alkyl halides is 3. The van der Waals surface area contributed by atoms with Gasteiger partial charge in [0, 0.05) is 6.66 Å². The zero-order valence-corrected chi connectivity index (χ0v) is 14.2. The summed E-state index contributed by atoms with van der Waals surface area (Å²) in [5, 5.41) is 0. The van der Waals surface area contributed by atoms with E-state index in [2.05, 4.69) is 13.7 Å². The normalized spacial score (nSPS) is 15.6. The van der Waals surface area contributed by atoms with E-state index in [1.54, 1.807) is 13.8 Å². The Morgan fingerprint density at radius 2 is 1.78 bits per heavy atom. The number of hydrogen-bond donors (Lipinski definition) is 0. The van der Waals surface area contributed by atoms with E-state index in [1.165, 1.54) is 0 Å². The van der Waals surface area contributed by atoms with Gasteiger partial charge in [0.05, 0.1) is 11.7 Å². The Labute approximate surface area is 132 Å². The van der Waals surface area contributed by atoms with Crippen LogP contribution in [0.2, 0.25) is 0 Å². The largest absolute Gasteiger partial charge is 0.417 e. The van der Waals surface area contributed by atoms with E-state index in [4.69, 9.17) is 0 Å². The van der Waals surface area contributed by atoms with E-state index in [9.17, 15) is 26.2 Å². The van der Waals surface area contributed by atoms with Gasteiger partial charge in [-0.2, -0.15) is 26.3 Å². The molecule has 1 aromatic carbocycles. The van der Waals surface area contributed by atoms with Crippen LogP contribution in [0.15, 0.2) is 29.2 Å². The van der Waals surface area contributed by atoms with Crippen LogP contribution < -0.4 is 0 Å². The first-order valence-electron chi connectivity index (χ1n) is 6.32. The summed E-state index contributed by atoms with van der Waals surface area (Å²) >= 11 is 0. The molecule has 0 spiro atoms. The van der Waals surface area contributed by atoms with E-state index in [0.29, 0.717) is 6.07 Å². The van der Waals surface area contributed by atoms with Gasteiger partial charge in [0.1, 0.15) is 11.2 Å². The van der Waals surface area contributed by atoms with Crippen LogP contribution in [0.25, 0.3) is 0 Å². The Hall–Kier alpha value is -0.930. The lowest BCUT2D eigenvalue weighted by atomic mass is 10.2. The second-order valence-electron chi connectivity index (χ2n) is 4.93. The number of halogens is 3. The lowest BCUT2D eigenvalue weighted by molar-refractivity contribution is -0.234. The summed E-state index contributed by atoms with van der Waals surface area (Å²) in [5.41, 5.74) is -1.37. The molecule has 0 aliphatic rings. The molecule has 0 radical (unpaired) electrons. The van der Waals surface area contributed by atoms with E-state index < -0.39 is 46.6 Å². The summed E-state index contributed by atoms with van der Waals surface area (Å²) in [6, 6.07) is 3.53. The lowest BCUT2D eigenvalue weighted by Gasteiger charge is -2.16. The van der Waals surface area contributed by atoms with E-state index in [0.717, 1.165) is 24.9 Å². The molecule has 0 heterocycles. The molecule has 6 nitrogen and oxygen atoms in total. The second-order valence-corrected chi connectivity index (χ2v) is 8.95. The number of hydrogen-bond acceptors (Lipinski definition) is 6. The van der Waals surface area contributed by atoms with Crippen LogP contribution in [-0.4, -0.2) is 27.5 Å². The van der Waals surface area contributed by atoms with Crippen LogP contribution in [0.5, 0.6) is 0 Å². The highest BCUT2D eigenvalue weighted by atomic mass is 32.2. The second kappa shape index (κ2) is 7.31. The van der Waals surface area contributed by atoms with Gasteiger partial charge in [-0.15, -0.1) is 0 Å². The Balaban J connectivity index is 2.96. The zero-order valence-electron chi connectivity index (χ0n) is 12.5. The lowest BCUT2D eigenvalue weighted by Crippen LogP contribution is -2.16. The molecular weight excluding hydrogens is 360 g/mol. The maximum atomic E-state index is 12.8. The minimum absolute atomic E-state index is 0.439. The summed E-state index contributed by atoms with van der Waals surface area (Å²) in [6.45, 7) is 4.20. The standard InChI is InChI=1S/C12H16F3O6PS/c1-9(2)20-21-22(3,16)8-19-23(17,18)11-7-5-4-6-10(11)12(13,14)15/h4-7,9H,8H2,1-3H3. The smallest absolute Gasteiger partial charge is 0.288 e. The molecule has 1 unspecified atom stereocenters. The molecule has 0 N–H and O–H groups in total. The molecule has 0 bridgehead atoms. The van der Waals surface area contributed by atoms with Gasteiger partial charge in [-0.05, 0) is 26.0 Å². The van der Waals surface area contributed by atoms with Crippen LogP contribution in [0.1, 0.15) is 19.4 Å². The molecule has 1 atom stereocenters. The molecule has 1 aromatic rings. The predicted molar refractivity (Wildman–Crippen MR) is 75.4 cm³/mol. The summed E-state index contributed by atoms with van der Waals surface area (Å²) in [5.74, 6) is 0. The maximum absolute atomic E-state index is 12.8. The highest BCUT2D eigenvalue weighted by molar-refractivity contribution is 7.87. The van der Waals surface area contributed by atoms with Crippen molar-refractivity contribution in [2.75, 3.05) is 13.0 Å². The van der Waals surface area contributed by atoms with Crippen molar-refractivity contribution >= 4 is 17.5 Å². The quantitative estimate of drug-likeness (QED) is 0.313. The van der Waals surface area contributed by atoms with Crippen molar-refractivity contribution in [3.8, 4) is 0 Å². The minimum Gasteiger partial charge on any atom is -0.288 e. The monoisotopic (exact) mass is 376 g/mol. The topological polar surface area (TPSA) is 78.9 Å². The molecule has 0 amide bonds. The van der Waals surface area contributed by atoms with Crippen molar-refractivity contribution in [3.05, 3.63) is 29.8 Å². The van der Waals surface area contributed by atoms with E-state index >= 15 is 0 Å².